The fraction of sp³-hybridized carbons (Fsp3) is 0.350. The Morgan fingerprint density at radius 1 is 1.18 bits per heavy atom. The minimum absolute atomic E-state index is 0.887. The van der Waals surface area contributed by atoms with Gasteiger partial charge in [0, 0.05) is 24.0 Å². The van der Waals surface area contributed by atoms with Crippen molar-refractivity contribution in [3.63, 3.8) is 0 Å². The fourth-order valence-electron chi connectivity index (χ4n) is 2.08. The Morgan fingerprint density at radius 3 is 2.36 bits per heavy atom. The fourth-order valence-corrected chi connectivity index (χ4v) is 2.08. The Balaban J connectivity index is 3.17. The van der Waals surface area contributed by atoms with Gasteiger partial charge in [-0.25, -0.2) is 0 Å². The molecule has 118 valence electrons. The Hall–Kier alpha value is -2.09. The lowest BCUT2D eigenvalue weighted by Crippen LogP contribution is -2.17. The summed E-state index contributed by atoms with van der Waals surface area (Å²) in [6.45, 7) is 16.8. The van der Waals surface area contributed by atoms with Crippen LogP contribution in [0.15, 0.2) is 59.9 Å². The molecule has 0 saturated heterocycles. The van der Waals surface area contributed by atoms with Crippen molar-refractivity contribution >= 4 is 11.4 Å². The SMILES string of the molecule is C=C(CC)/C(=C\N=C(\C)CC)N(C)C(=C)c1ccccc1C. The van der Waals surface area contributed by atoms with Gasteiger partial charge in [0.15, 0.2) is 0 Å². The Bertz CT molecular complexity index is 606. The van der Waals surface area contributed by atoms with Gasteiger partial charge in [-0.3, -0.25) is 4.99 Å². The van der Waals surface area contributed by atoms with E-state index in [1.807, 2.05) is 32.3 Å². The van der Waals surface area contributed by atoms with E-state index in [-0.39, 0.29) is 0 Å². The minimum Gasteiger partial charge on any atom is -0.343 e. The molecule has 0 aliphatic rings. The summed E-state index contributed by atoms with van der Waals surface area (Å²) in [4.78, 5) is 6.63. The zero-order valence-corrected chi connectivity index (χ0v) is 14.6. The van der Waals surface area contributed by atoms with E-state index in [2.05, 4.69) is 56.0 Å². The molecule has 0 bridgehead atoms. The van der Waals surface area contributed by atoms with Crippen molar-refractivity contribution in [1.82, 2.24) is 4.90 Å². The number of aryl methyl sites for hydroxylation is 1. The number of aliphatic imine (C=N–C) groups is 1. The van der Waals surface area contributed by atoms with Crippen molar-refractivity contribution in [3.8, 4) is 0 Å². The molecular weight excluding hydrogens is 268 g/mol. The second kappa shape index (κ2) is 8.38. The molecule has 0 spiro atoms. The lowest BCUT2D eigenvalue weighted by atomic mass is 10.0. The van der Waals surface area contributed by atoms with Gasteiger partial charge in [-0.2, -0.15) is 0 Å². The molecule has 0 fully saturated rings. The van der Waals surface area contributed by atoms with Gasteiger partial charge >= 0.3 is 0 Å². The number of likely N-dealkylation sites (N-methyl/N-ethyl adjacent to an activating group) is 1. The monoisotopic (exact) mass is 296 g/mol. The molecule has 0 amide bonds. The highest BCUT2D eigenvalue weighted by Crippen LogP contribution is 2.26. The van der Waals surface area contributed by atoms with Gasteiger partial charge in [-0.15, -0.1) is 0 Å². The predicted molar refractivity (Wildman–Crippen MR) is 98.9 cm³/mol. The number of rotatable bonds is 7. The molecule has 0 heterocycles. The average Bonchev–Trinajstić information content (AvgIpc) is 2.53. The quantitative estimate of drug-likeness (QED) is 0.474. The minimum atomic E-state index is 0.887. The van der Waals surface area contributed by atoms with E-state index in [9.17, 15) is 0 Å². The van der Waals surface area contributed by atoms with Gasteiger partial charge in [0.1, 0.15) is 0 Å². The lowest BCUT2D eigenvalue weighted by molar-refractivity contribution is 0.600. The van der Waals surface area contributed by atoms with Crippen molar-refractivity contribution < 1.29 is 0 Å². The first kappa shape index (κ1) is 18.0. The number of allylic oxidation sites excluding steroid dienone is 1. The van der Waals surface area contributed by atoms with Crippen LogP contribution < -0.4 is 0 Å². The molecule has 0 aromatic heterocycles. The van der Waals surface area contributed by atoms with Crippen LogP contribution in [-0.4, -0.2) is 17.7 Å². The van der Waals surface area contributed by atoms with Crippen LogP contribution in [0.1, 0.15) is 44.7 Å². The van der Waals surface area contributed by atoms with Crippen molar-refractivity contribution in [1.29, 1.82) is 0 Å². The van der Waals surface area contributed by atoms with E-state index < -0.39 is 0 Å². The van der Waals surface area contributed by atoms with E-state index in [4.69, 9.17) is 0 Å². The zero-order chi connectivity index (χ0) is 16.7. The van der Waals surface area contributed by atoms with E-state index >= 15 is 0 Å². The maximum Gasteiger partial charge on any atom is 0.0620 e. The molecule has 2 nitrogen and oxygen atoms in total. The van der Waals surface area contributed by atoms with Gasteiger partial charge in [0.2, 0.25) is 0 Å². The molecular formula is C20H28N2. The van der Waals surface area contributed by atoms with Crippen LogP contribution in [0.3, 0.4) is 0 Å². The first-order chi connectivity index (χ1) is 10.4. The summed E-state index contributed by atoms with van der Waals surface area (Å²) < 4.78 is 0. The molecule has 1 aromatic rings. The van der Waals surface area contributed by atoms with Crippen molar-refractivity contribution in [3.05, 3.63) is 66.0 Å². The van der Waals surface area contributed by atoms with Crippen molar-refractivity contribution in [2.24, 2.45) is 4.99 Å². The van der Waals surface area contributed by atoms with E-state index in [0.717, 1.165) is 41.1 Å². The van der Waals surface area contributed by atoms with Gasteiger partial charge in [-0.1, -0.05) is 51.3 Å². The normalized spacial score (nSPS) is 12.2. The molecule has 0 unspecified atom stereocenters. The summed E-state index contributed by atoms with van der Waals surface area (Å²) in [5.74, 6) is 0. The number of hydrogen-bond acceptors (Lipinski definition) is 2. The number of nitrogens with zero attached hydrogens (tertiary/aromatic N) is 2. The predicted octanol–water partition coefficient (Wildman–Crippen LogP) is 5.58. The summed E-state index contributed by atoms with van der Waals surface area (Å²) in [7, 11) is 2.03. The second-order valence-electron chi connectivity index (χ2n) is 5.51. The average molecular weight is 296 g/mol. The largest absolute Gasteiger partial charge is 0.343 e. The lowest BCUT2D eigenvalue weighted by Gasteiger charge is -2.26. The third-order valence-electron chi connectivity index (χ3n) is 3.93. The van der Waals surface area contributed by atoms with Gasteiger partial charge in [0.05, 0.1) is 11.9 Å². The second-order valence-corrected chi connectivity index (χ2v) is 5.51. The molecule has 0 N–H and O–H groups in total. The number of benzene rings is 1. The maximum atomic E-state index is 4.54. The Labute approximate surface area is 135 Å². The summed E-state index contributed by atoms with van der Waals surface area (Å²) in [6.07, 6.45) is 3.75. The third kappa shape index (κ3) is 4.45. The highest BCUT2D eigenvalue weighted by Gasteiger charge is 2.13. The first-order valence-corrected chi connectivity index (χ1v) is 7.82. The van der Waals surface area contributed by atoms with Crippen LogP contribution >= 0.6 is 0 Å². The smallest absolute Gasteiger partial charge is 0.0620 e. The van der Waals surface area contributed by atoms with Crippen LogP contribution in [-0.2, 0) is 0 Å². The number of hydrogen-bond donors (Lipinski definition) is 0. The summed E-state index contributed by atoms with van der Waals surface area (Å²) in [5, 5.41) is 0. The maximum absolute atomic E-state index is 4.54. The standard InChI is InChI=1S/C20H28N2/c1-8-15(3)20(14-21-17(5)9-2)22(7)18(6)19-13-11-10-12-16(19)4/h10-14H,3,6,8-9H2,1-2,4-5,7H3/b20-14+,21-17-. The van der Waals surface area contributed by atoms with Gasteiger partial charge in [0.25, 0.3) is 0 Å². The molecule has 2 heteroatoms. The van der Waals surface area contributed by atoms with Crippen molar-refractivity contribution in [2.45, 2.75) is 40.5 Å². The van der Waals surface area contributed by atoms with E-state index in [1.165, 1.54) is 5.56 Å². The van der Waals surface area contributed by atoms with Crippen LogP contribution in [0.2, 0.25) is 0 Å². The van der Waals surface area contributed by atoms with Crippen molar-refractivity contribution in [2.75, 3.05) is 7.05 Å². The highest BCUT2D eigenvalue weighted by atomic mass is 15.1. The van der Waals surface area contributed by atoms with Crippen LogP contribution in [0.4, 0.5) is 0 Å². The van der Waals surface area contributed by atoms with E-state index in [1.54, 1.807) is 0 Å². The van der Waals surface area contributed by atoms with Crippen LogP contribution in [0, 0.1) is 6.92 Å². The topological polar surface area (TPSA) is 15.6 Å². The summed E-state index contributed by atoms with van der Waals surface area (Å²) >= 11 is 0. The van der Waals surface area contributed by atoms with Gasteiger partial charge in [-0.05, 0) is 37.8 Å². The molecule has 1 aromatic carbocycles. The Morgan fingerprint density at radius 2 is 1.82 bits per heavy atom. The first-order valence-electron chi connectivity index (χ1n) is 7.82. The molecule has 22 heavy (non-hydrogen) atoms. The molecule has 0 saturated carbocycles. The zero-order valence-electron chi connectivity index (χ0n) is 14.6. The summed E-state index contributed by atoms with van der Waals surface area (Å²) in [5.41, 5.74) is 6.51. The molecule has 0 atom stereocenters. The van der Waals surface area contributed by atoms with Gasteiger partial charge < -0.3 is 4.90 Å². The highest BCUT2D eigenvalue weighted by molar-refractivity contribution is 5.82. The van der Waals surface area contributed by atoms with Crippen LogP contribution in [0.5, 0.6) is 0 Å². The Kier molecular flexibility index (Phi) is 6.84. The summed E-state index contributed by atoms with van der Waals surface area (Å²) in [6, 6.07) is 8.29. The van der Waals surface area contributed by atoms with Crippen LogP contribution in [0.25, 0.3) is 5.70 Å². The molecule has 0 radical (unpaired) electrons. The molecule has 0 aliphatic carbocycles. The molecule has 1 rings (SSSR count). The molecule has 0 aliphatic heterocycles. The van der Waals surface area contributed by atoms with E-state index in [0.29, 0.717) is 0 Å². The third-order valence-corrected chi connectivity index (χ3v) is 3.93.